The first-order chi connectivity index (χ1) is 10.3. The maximum atomic E-state index is 12.3. The summed E-state index contributed by atoms with van der Waals surface area (Å²) in [5, 5.41) is 0. The second-order valence-electron chi connectivity index (χ2n) is 3.91. The van der Waals surface area contributed by atoms with Crippen LogP contribution in [0.5, 0.6) is 11.5 Å². The number of hydrogen-bond acceptors (Lipinski definition) is 5. The largest absolute Gasteiger partial charge is 0.493 e. The Kier molecular flexibility index (Phi) is 5.09. The van der Waals surface area contributed by atoms with E-state index >= 15 is 0 Å². The Hall–Kier alpha value is -1.58. The molecule has 0 bridgehead atoms. The molecule has 1 aromatic heterocycles. The number of thiophene rings is 1. The summed E-state index contributed by atoms with van der Waals surface area (Å²) in [6.07, 6.45) is 0. The lowest BCUT2D eigenvalue weighted by molar-refractivity contribution is -0.0511. The Morgan fingerprint density at radius 2 is 1.95 bits per heavy atom. The van der Waals surface area contributed by atoms with E-state index in [0.29, 0.717) is 4.34 Å². The molecule has 0 atom stereocenters. The molecule has 2 aromatic rings. The van der Waals surface area contributed by atoms with Gasteiger partial charge in [-0.3, -0.25) is 4.72 Å². The maximum absolute atomic E-state index is 12.3. The maximum Gasteiger partial charge on any atom is 0.387 e. The molecule has 0 saturated heterocycles. The molecule has 0 saturated carbocycles. The average Bonchev–Trinajstić information content (AvgIpc) is 2.85. The minimum absolute atomic E-state index is 0.00430. The van der Waals surface area contributed by atoms with Gasteiger partial charge in [0.15, 0.2) is 11.5 Å². The lowest BCUT2D eigenvalue weighted by Crippen LogP contribution is -2.12. The van der Waals surface area contributed by atoms with Crippen molar-refractivity contribution in [3.8, 4) is 11.5 Å². The van der Waals surface area contributed by atoms with E-state index in [1.807, 2.05) is 0 Å². The van der Waals surface area contributed by atoms with E-state index in [-0.39, 0.29) is 21.4 Å². The number of ether oxygens (including phenoxy) is 2. The number of halogens is 3. The number of rotatable bonds is 6. The van der Waals surface area contributed by atoms with Gasteiger partial charge in [0, 0.05) is 6.07 Å². The smallest absolute Gasteiger partial charge is 0.387 e. The third kappa shape index (κ3) is 3.99. The molecule has 22 heavy (non-hydrogen) atoms. The van der Waals surface area contributed by atoms with Crippen LogP contribution in [0.15, 0.2) is 34.5 Å². The highest BCUT2D eigenvalue weighted by Crippen LogP contribution is 2.33. The Morgan fingerprint density at radius 3 is 2.50 bits per heavy atom. The van der Waals surface area contributed by atoms with Gasteiger partial charge in [0.1, 0.15) is 4.21 Å². The summed E-state index contributed by atoms with van der Waals surface area (Å²) in [5.41, 5.74) is 0.0565. The second kappa shape index (κ2) is 6.67. The third-order valence-corrected chi connectivity index (χ3v) is 5.55. The van der Waals surface area contributed by atoms with Crippen LogP contribution in [0.2, 0.25) is 4.34 Å². The molecule has 10 heteroatoms. The lowest BCUT2D eigenvalue weighted by atomic mass is 10.3. The number of sulfonamides is 1. The molecule has 0 aliphatic heterocycles. The number of anilines is 1. The van der Waals surface area contributed by atoms with Gasteiger partial charge in [-0.05, 0) is 24.3 Å². The molecule has 5 nitrogen and oxygen atoms in total. The monoisotopic (exact) mass is 369 g/mol. The zero-order valence-corrected chi connectivity index (χ0v) is 13.4. The number of alkyl halides is 2. The topological polar surface area (TPSA) is 64.6 Å². The summed E-state index contributed by atoms with van der Waals surface area (Å²) >= 11 is 6.57. The molecule has 0 unspecified atom stereocenters. The van der Waals surface area contributed by atoms with Crippen LogP contribution in [-0.4, -0.2) is 22.1 Å². The standard InChI is InChI=1S/C12H10ClF2NO4S2/c1-19-8-3-2-7(6-9(8)20-12(14)15)16-22(17,18)11-5-4-10(13)21-11/h2-6,12,16H,1H3. The van der Waals surface area contributed by atoms with Gasteiger partial charge in [0.2, 0.25) is 0 Å². The minimum Gasteiger partial charge on any atom is -0.493 e. The fraction of sp³-hybridized carbons (Fsp3) is 0.167. The van der Waals surface area contributed by atoms with E-state index < -0.39 is 16.6 Å². The van der Waals surface area contributed by atoms with E-state index in [1.165, 1.54) is 31.4 Å². The molecule has 0 radical (unpaired) electrons. The van der Waals surface area contributed by atoms with Crippen LogP contribution < -0.4 is 14.2 Å². The summed E-state index contributed by atoms with van der Waals surface area (Å²) in [5.74, 6) is -0.218. The fourth-order valence-electron chi connectivity index (χ4n) is 1.58. The van der Waals surface area contributed by atoms with Gasteiger partial charge in [0.05, 0.1) is 17.1 Å². The summed E-state index contributed by atoms with van der Waals surface area (Å²) in [4.78, 5) is 0. The minimum atomic E-state index is -3.86. The summed E-state index contributed by atoms with van der Waals surface area (Å²) in [6.45, 7) is -3.06. The van der Waals surface area contributed by atoms with Crippen molar-refractivity contribution in [2.45, 2.75) is 10.8 Å². The highest BCUT2D eigenvalue weighted by atomic mass is 35.5. The third-order valence-electron chi connectivity index (χ3n) is 2.45. The highest BCUT2D eigenvalue weighted by molar-refractivity contribution is 7.94. The Morgan fingerprint density at radius 1 is 1.23 bits per heavy atom. The van der Waals surface area contributed by atoms with Crippen LogP contribution in [0.25, 0.3) is 0 Å². The first-order valence-electron chi connectivity index (χ1n) is 5.73. The molecule has 0 fully saturated rings. The summed E-state index contributed by atoms with van der Waals surface area (Å²) in [6, 6.07) is 6.58. The van der Waals surface area contributed by atoms with Crippen LogP contribution in [0.4, 0.5) is 14.5 Å². The zero-order chi connectivity index (χ0) is 16.3. The predicted molar refractivity (Wildman–Crippen MR) is 79.8 cm³/mol. The summed E-state index contributed by atoms with van der Waals surface area (Å²) < 4.78 is 60.7. The Labute approximate surface area is 134 Å². The molecule has 1 heterocycles. The number of benzene rings is 1. The molecule has 1 N–H and O–H groups in total. The van der Waals surface area contributed by atoms with Crippen LogP contribution in [0, 0.1) is 0 Å². The average molecular weight is 370 g/mol. The van der Waals surface area contributed by atoms with Gasteiger partial charge in [-0.1, -0.05) is 11.6 Å². The van der Waals surface area contributed by atoms with E-state index in [4.69, 9.17) is 16.3 Å². The molecule has 120 valence electrons. The van der Waals surface area contributed by atoms with Crippen molar-refractivity contribution in [2.75, 3.05) is 11.8 Å². The van der Waals surface area contributed by atoms with E-state index in [2.05, 4.69) is 9.46 Å². The van der Waals surface area contributed by atoms with Crippen molar-refractivity contribution < 1.29 is 26.7 Å². The molecule has 1 aromatic carbocycles. The van der Waals surface area contributed by atoms with Crippen molar-refractivity contribution in [2.24, 2.45) is 0 Å². The van der Waals surface area contributed by atoms with Crippen molar-refractivity contribution in [3.05, 3.63) is 34.7 Å². The van der Waals surface area contributed by atoms with Gasteiger partial charge in [-0.2, -0.15) is 8.78 Å². The number of hydrogen-bond donors (Lipinski definition) is 1. The molecule has 0 amide bonds. The normalized spacial score (nSPS) is 11.5. The zero-order valence-electron chi connectivity index (χ0n) is 11.0. The van der Waals surface area contributed by atoms with Crippen molar-refractivity contribution in [1.29, 1.82) is 0 Å². The van der Waals surface area contributed by atoms with Crippen LogP contribution in [0.1, 0.15) is 0 Å². The van der Waals surface area contributed by atoms with E-state index in [9.17, 15) is 17.2 Å². The molecular formula is C12H10ClF2NO4S2. The lowest BCUT2D eigenvalue weighted by Gasteiger charge is -2.12. The molecule has 0 spiro atoms. The van der Waals surface area contributed by atoms with Crippen molar-refractivity contribution in [1.82, 2.24) is 0 Å². The summed E-state index contributed by atoms with van der Waals surface area (Å²) in [7, 11) is -2.57. The van der Waals surface area contributed by atoms with Gasteiger partial charge in [-0.15, -0.1) is 11.3 Å². The predicted octanol–water partition coefficient (Wildman–Crippen LogP) is 3.81. The van der Waals surface area contributed by atoms with Crippen LogP contribution in [-0.2, 0) is 10.0 Å². The molecule has 0 aliphatic rings. The van der Waals surface area contributed by atoms with Gasteiger partial charge in [-0.25, -0.2) is 8.42 Å². The Bertz CT molecular complexity index is 764. The number of nitrogens with one attached hydrogen (secondary N) is 1. The quantitative estimate of drug-likeness (QED) is 0.840. The van der Waals surface area contributed by atoms with E-state index in [0.717, 1.165) is 17.4 Å². The van der Waals surface area contributed by atoms with Gasteiger partial charge in [0.25, 0.3) is 10.0 Å². The fourth-order valence-corrected chi connectivity index (χ4v) is 4.11. The van der Waals surface area contributed by atoms with Crippen molar-refractivity contribution in [3.63, 3.8) is 0 Å². The SMILES string of the molecule is COc1ccc(NS(=O)(=O)c2ccc(Cl)s2)cc1OC(F)F. The van der Waals surface area contributed by atoms with E-state index in [1.54, 1.807) is 0 Å². The molecular weight excluding hydrogens is 360 g/mol. The van der Waals surface area contributed by atoms with Gasteiger partial charge < -0.3 is 9.47 Å². The highest BCUT2D eigenvalue weighted by Gasteiger charge is 2.18. The second-order valence-corrected chi connectivity index (χ2v) is 7.53. The van der Waals surface area contributed by atoms with Crippen molar-refractivity contribution >= 4 is 38.6 Å². The first kappa shape index (κ1) is 16.8. The van der Waals surface area contributed by atoms with Gasteiger partial charge >= 0.3 is 6.61 Å². The van der Waals surface area contributed by atoms with Crippen LogP contribution >= 0.6 is 22.9 Å². The number of methoxy groups -OCH3 is 1. The van der Waals surface area contributed by atoms with Crippen LogP contribution in [0.3, 0.4) is 0 Å². The molecule has 0 aliphatic carbocycles. The Balaban J connectivity index is 2.29. The first-order valence-corrected chi connectivity index (χ1v) is 8.40. The molecule has 2 rings (SSSR count).